The Morgan fingerprint density at radius 2 is 1.77 bits per heavy atom. The quantitative estimate of drug-likeness (QED) is 0.271. The molecule has 1 aliphatic heterocycles. The molecule has 1 aromatic heterocycles. The van der Waals surface area contributed by atoms with Crippen LogP contribution in [0, 0.1) is 0 Å². The van der Waals surface area contributed by atoms with Gasteiger partial charge in [-0.15, -0.1) is 11.8 Å². The predicted molar refractivity (Wildman–Crippen MR) is 149 cm³/mol. The molecule has 9 nitrogen and oxygen atoms in total. The first-order valence-corrected chi connectivity index (χ1v) is 13.4. The third kappa shape index (κ3) is 6.06. The fourth-order valence-corrected chi connectivity index (χ4v) is 5.25. The van der Waals surface area contributed by atoms with Crippen molar-refractivity contribution >= 4 is 34.5 Å². The molecule has 0 bridgehead atoms. The van der Waals surface area contributed by atoms with E-state index in [9.17, 15) is 9.59 Å². The molecule has 0 radical (unpaired) electrons. The summed E-state index contributed by atoms with van der Waals surface area (Å²) in [7, 11) is 3.09. The second-order valence-corrected chi connectivity index (χ2v) is 9.80. The maximum Gasteiger partial charge on any atom is 0.251 e. The van der Waals surface area contributed by atoms with Gasteiger partial charge in [0.2, 0.25) is 12.7 Å². The van der Waals surface area contributed by atoms with E-state index in [0.717, 1.165) is 27.1 Å². The first-order valence-electron chi connectivity index (χ1n) is 12.4. The van der Waals surface area contributed by atoms with E-state index >= 15 is 0 Å². The highest BCUT2D eigenvalue weighted by Crippen LogP contribution is 2.33. The van der Waals surface area contributed by atoms with Gasteiger partial charge in [-0.2, -0.15) is 0 Å². The second-order valence-electron chi connectivity index (χ2n) is 8.78. The van der Waals surface area contributed by atoms with Crippen LogP contribution in [0.3, 0.4) is 0 Å². The molecule has 1 aliphatic rings. The van der Waals surface area contributed by atoms with Crippen molar-refractivity contribution in [2.75, 3.05) is 33.3 Å². The Hall–Kier alpha value is -4.31. The lowest BCUT2D eigenvalue weighted by Gasteiger charge is -2.10. The van der Waals surface area contributed by atoms with Crippen LogP contribution < -0.4 is 29.6 Å². The largest absolute Gasteiger partial charge is 0.493 e. The minimum Gasteiger partial charge on any atom is -0.493 e. The Kier molecular flexibility index (Phi) is 8.12. The number of aromatic nitrogens is 1. The van der Waals surface area contributed by atoms with Gasteiger partial charge in [-0.25, -0.2) is 0 Å². The molecule has 0 saturated heterocycles. The number of ether oxygens (including phenoxy) is 4. The summed E-state index contributed by atoms with van der Waals surface area (Å²) in [5.41, 5.74) is 2.48. The minimum absolute atomic E-state index is 0.0586. The fourth-order valence-electron chi connectivity index (χ4n) is 4.33. The summed E-state index contributed by atoms with van der Waals surface area (Å²) in [6.07, 6.45) is 2.03. The summed E-state index contributed by atoms with van der Waals surface area (Å²) in [5, 5.41) is 7.00. The summed E-state index contributed by atoms with van der Waals surface area (Å²) in [5.74, 6) is 2.52. The molecule has 0 unspecified atom stereocenters. The number of fused-ring (bicyclic) bond motifs is 2. The average molecular weight is 548 g/mol. The Bertz CT molecular complexity index is 1500. The number of amides is 2. The number of carbonyl (C=O) groups is 2. The number of hydrogen-bond acceptors (Lipinski definition) is 7. The summed E-state index contributed by atoms with van der Waals surface area (Å²) >= 11 is 1.49. The SMILES string of the molecule is COc1ccc(C(=O)NCCn2cc(SCC(=O)NCc3ccc4c(c3)OCO4)c3ccccc32)cc1OC. The van der Waals surface area contributed by atoms with Gasteiger partial charge < -0.3 is 34.1 Å². The molecule has 0 atom stereocenters. The van der Waals surface area contributed by atoms with Crippen LogP contribution in [0.4, 0.5) is 0 Å². The first-order chi connectivity index (χ1) is 19.1. The Morgan fingerprint density at radius 1 is 0.949 bits per heavy atom. The van der Waals surface area contributed by atoms with Gasteiger partial charge in [-0.3, -0.25) is 9.59 Å². The lowest BCUT2D eigenvalue weighted by molar-refractivity contribution is -0.118. The van der Waals surface area contributed by atoms with Crippen molar-refractivity contribution in [1.29, 1.82) is 0 Å². The van der Waals surface area contributed by atoms with Crippen molar-refractivity contribution in [2.24, 2.45) is 0 Å². The predicted octanol–water partition coefficient (Wildman–Crippen LogP) is 4.23. The molecule has 202 valence electrons. The van der Waals surface area contributed by atoms with Gasteiger partial charge in [-0.1, -0.05) is 24.3 Å². The molecule has 0 fully saturated rings. The molecular formula is C29H29N3O6S. The molecule has 2 heterocycles. The summed E-state index contributed by atoms with van der Waals surface area (Å²) in [6, 6.07) is 18.8. The number of methoxy groups -OCH3 is 2. The Balaban J connectivity index is 1.16. The number of hydrogen-bond donors (Lipinski definition) is 2. The number of rotatable bonds is 11. The normalized spacial score (nSPS) is 11.8. The van der Waals surface area contributed by atoms with Crippen molar-refractivity contribution in [3.05, 3.63) is 78.0 Å². The van der Waals surface area contributed by atoms with Crippen molar-refractivity contribution in [2.45, 2.75) is 18.0 Å². The van der Waals surface area contributed by atoms with Crippen LogP contribution in [0.5, 0.6) is 23.0 Å². The highest BCUT2D eigenvalue weighted by molar-refractivity contribution is 8.00. The van der Waals surface area contributed by atoms with E-state index in [1.807, 2.05) is 48.7 Å². The van der Waals surface area contributed by atoms with Gasteiger partial charge in [0, 0.05) is 47.2 Å². The average Bonchev–Trinajstić information content (AvgIpc) is 3.58. The van der Waals surface area contributed by atoms with Crippen molar-refractivity contribution in [3.8, 4) is 23.0 Å². The van der Waals surface area contributed by atoms with E-state index in [0.29, 0.717) is 42.4 Å². The lowest BCUT2D eigenvalue weighted by Crippen LogP contribution is -2.27. The second kappa shape index (κ2) is 12.0. The zero-order chi connectivity index (χ0) is 27.2. The molecule has 4 aromatic rings. The zero-order valence-corrected chi connectivity index (χ0v) is 22.5. The number of benzene rings is 3. The van der Waals surface area contributed by atoms with Gasteiger partial charge in [0.1, 0.15) is 0 Å². The van der Waals surface area contributed by atoms with Crippen LogP contribution in [0.25, 0.3) is 10.9 Å². The highest BCUT2D eigenvalue weighted by atomic mass is 32.2. The van der Waals surface area contributed by atoms with Crippen LogP contribution in [0.2, 0.25) is 0 Å². The third-order valence-electron chi connectivity index (χ3n) is 6.32. The summed E-state index contributed by atoms with van der Waals surface area (Å²) in [4.78, 5) is 26.3. The Morgan fingerprint density at radius 3 is 2.62 bits per heavy atom. The highest BCUT2D eigenvalue weighted by Gasteiger charge is 2.15. The van der Waals surface area contributed by atoms with Gasteiger partial charge in [0.15, 0.2) is 23.0 Å². The maximum absolute atomic E-state index is 12.7. The zero-order valence-electron chi connectivity index (χ0n) is 21.7. The first kappa shape index (κ1) is 26.3. The topological polar surface area (TPSA) is 100 Å². The Labute approximate surface area is 230 Å². The molecule has 2 N–H and O–H groups in total. The van der Waals surface area contributed by atoms with Gasteiger partial charge in [-0.05, 0) is 42.0 Å². The van der Waals surface area contributed by atoms with E-state index < -0.39 is 0 Å². The van der Waals surface area contributed by atoms with Crippen molar-refractivity contribution < 1.29 is 28.5 Å². The molecular weight excluding hydrogens is 518 g/mol. The van der Waals surface area contributed by atoms with Crippen LogP contribution in [0.15, 0.2) is 71.8 Å². The molecule has 5 rings (SSSR count). The van der Waals surface area contributed by atoms with Gasteiger partial charge >= 0.3 is 0 Å². The van der Waals surface area contributed by atoms with Crippen LogP contribution >= 0.6 is 11.8 Å². The van der Waals surface area contributed by atoms with Crippen molar-refractivity contribution in [3.63, 3.8) is 0 Å². The standard InChI is InChI=1S/C29H29N3O6S/c1-35-23-10-8-20(14-25(23)36-2)29(34)30-11-12-32-16-27(21-5-3-4-6-22(21)32)39-17-28(33)31-15-19-7-9-24-26(13-19)38-18-37-24/h3-10,13-14,16H,11-12,15,17-18H2,1-2H3,(H,30,34)(H,31,33). The third-order valence-corrected chi connectivity index (χ3v) is 7.36. The van der Waals surface area contributed by atoms with E-state index in [1.54, 1.807) is 25.3 Å². The van der Waals surface area contributed by atoms with Crippen LogP contribution in [-0.2, 0) is 17.9 Å². The van der Waals surface area contributed by atoms with Crippen molar-refractivity contribution in [1.82, 2.24) is 15.2 Å². The minimum atomic E-state index is -0.193. The molecule has 0 spiro atoms. The monoisotopic (exact) mass is 547 g/mol. The number of thioether (sulfide) groups is 1. The van der Waals surface area contributed by atoms with E-state index in [4.69, 9.17) is 18.9 Å². The van der Waals surface area contributed by atoms with Crippen LogP contribution in [0.1, 0.15) is 15.9 Å². The summed E-state index contributed by atoms with van der Waals surface area (Å²) in [6.45, 7) is 1.65. The molecule has 10 heteroatoms. The molecule has 0 saturated carbocycles. The van der Waals surface area contributed by atoms with E-state index in [1.165, 1.54) is 18.9 Å². The molecule has 0 aliphatic carbocycles. The number of para-hydroxylation sites is 1. The van der Waals surface area contributed by atoms with E-state index in [2.05, 4.69) is 15.2 Å². The maximum atomic E-state index is 12.7. The van der Waals surface area contributed by atoms with E-state index in [-0.39, 0.29) is 24.4 Å². The molecule has 39 heavy (non-hydrogen) atoms. The molecule has 3 aromatic carbocycles. The number of nitrogens with zero attached hydrogens (tertiary/aromatic N) is 1. The number of carbonyl (C=O) groups excluding carboxylic acids is 2. The molecule has 2 amide bonds. The van der Waals surface area contributed by atoms with Crippen LogP contribution in [-0.4, -0.2) is 49.7 Å². The number of nitrogens with one attached hydrogen (secondary N) is 2. The fraction of sp³-hybridized carbons (Fsp3) is 0.241. The van der Waals surface area contributed by atoms with Gasteiger partial charge in [0.05, 0.1) is 20.0 Å². The smallest absolute Gasteiger partial charge is 0.251 e. The summed E-state index contributed by atoms with van der Waals surface area (Å²) < 4.78 is 23.4. The van der Waals surface area contributed by atoms with Gasteiger partial charge in [0.25, 0.3) is 5.91 Å². The lowest BCUT2D eigenvalue weighted by atomic mass is 10.2.